The van der Waals surface area contributed by atoms with Crippen molar-refractivity contribution >= 4 is 23.0 Å². The molecule has 28 heavy (non-hydrogen) atoms. The molecule has 0 unspecified atom stereocenters. The molecule has 1 aromatic heterocycles. The molecule has 1 heterocycles. The molecule has 0 spiro atoms. The van der Waals surface area contributed by atoms with Crippen LogP contribution in [0.15, 0.2) is 54.7 Å². The van der Waals surface area contributed by atoms with Crippen LogP contribution in [0.2, 0.25) is 0 Å². The van der Waals surface area contributed by atoms with Gasteiger partial charge in [0.25, 0.3) is 5.91 Å². The largest absolute Gasteiger partial charge is 0.493 e. The lowest BCUT2D eigenvalue weighted by molar-refractivity contribution is 0.102. The number of aromatic nitrogens is 1. The molecule has 144 valence electrons. The normalized spacial score (nSPS) is 10.3. The molecule has 2 N–H and O–H groups in total. The Morgan fingerprint density at radius 2 is 1.57 bits per heavy atom. The summed E-state index contributed by atoms with van der Waals surface area (Å²) in [5.74, 6) is -1.26. The van der Waals surface area contributed by atoms with Gasteiger partial charge in [-0.2, -0.15) is 0 Å². The van der Waals surface area contributed by atoms with Crippen LogP contribution in [-0.2, 0) is 0 Å². The summed E-state index contributed by atoms with van der Waals surface area (Å²) in [6, 6.07) is 11.6. The first-order chi connectivity index (χ1) is 13.5. The predicted octanol–water partition coefficient (Wildman–Crippen LogP) is 4.37. The molecular formula is C20H17F2N3O3. The van der Waals surface area contributed by atoms with Crippen LogP contribution in [0.1, 0.15) is 10.5 Å². The summed E-state index contributed by atoms with van der Waals surface area (Å²) < 4.78 is 36.6. The highest BCUT2D eigenvalue weighted by atomic mass is 19.2. The lowest BCUT2D eigenvalue weighted by Gasteiger charge is -2.11. The van der Waals surface area contributed by atoms with Gasteiger partial charge < -0.3 is 20.1 Å². The fourth-order valence-corrected chi connectivity index (χ4v) is 2.45. The van der Waals surface area contributed by atoms with E-state index >= 15 is 0 Å². The highest BCUT2D eigenvalue weighted by molar-refractivity contribution is 6.03. The maximum atomic E-state index is 13.3. The minimum absolute atomic E-state index is 0.186. The Labute approximate surface area is 160 Å². The zero-order valence-corrected chi connectivity index (χ0v) is 15.1. The zero-order valence-electron chi connectivity index (χ0n) is 15.1. The molecule has 0 aliphatic heterocycles. The van der Waals surface area contributed by atoms with Crippen LogP contribution in [0.25, 0.3) is 0 Å². The number of carbonyl (C=O) groups is 1. The second-order valence-corrected chi connectivity index (χ2v) is 5.71. The molecule has 3 aromatic rings. The van der Waals surface area contributed by atoms with Crippen LogP contribution < -0.4 is 20.1 Å². The van der Waals surface area contributed by atoms with E-state index in [1.165, 1.54) is 32.5 Å². The monoisotopic (exact) mass is 385 g/mol. The Morgan fingerprint density at radius 3 is 2.21 bits per heavy atom. The number of hydrogen-bond donors (Lipinski definition) is 2. The summed E-state index contributed by atoms with van der Waals surface area (Å²) in [6.07, 6.45) is 1.42. The second-order valence-electron chi connectivity index (χ2n) is 5.71. The second kappa shape index (κ2) is 8.34. The average Bonchev–Trinajstić information content (AvgIpc) is 2.71. The number of nitrogens with zero attached hydrogens (tertiary/aromatic N) is 1. The predicted molar refractivity (Wildman–Crippen MR) is 101 cm³/mol. The number of pyridine rings is 1. The molecule has 0 saturated heterocycles. The molecule has 6 nitrogen and oxygen atoms in total. The van der Waals surface area contributed by atoms with Crippen molar-refractivity contribution in [3.63, 3.8) is 0 Å². The number of anilines is 3. The summed E-state index contributed by atoms with van der Waals surface area (Å²) in [7, 11) is 3.03. The number of ether oxygens (including phenoxy) is 2. The summed E-state index contributed by atoms with van der Waals surface area (Å²) in [4.78, 5) is 16.5. The van der Waals surface area contributed by atoms with Crippen molar-refractivity contribution in [2.24, 2.45) is 0 Å². The van der Waals surface area contributed by atoms with E-state index < -0.39 is 17.5 Å². The minimum atomic E-state index is -0.955. The molecule has 8 heteroatoms. The topological polar surface area (TPSA) is 72.5 Å². The third kappa shape index (κ3) is 4.35. The average molecular weight is 385 g/mol. The Hall–Kier alpha value is -3.68. The van der Waals surface area contributed by atoms with Gasteiger partial charge in [0.05, 0.1) is 26.1 Å². The van der Waals surface area contributed by atoms with Gasteiger partial charge in [0, 0.05) is 23.5 Å². The van der Waals surface area contributed by atoms with Gasteiger partial charge in [-0.05, 0) is 36.4 Å². The van der Waals surface area contributed by atoms with Crippen molar-refractivity contribution in [2.45, 2.75) is 0 Å². The number of amides is 1. The van der Waals surface area contributed by atoms with Crippen LogP contribution in [0.4, 0.5) is 25.8 Å². The molecule has 0 radical (unpaired) electrons. The highest BCUT2D eigenvalue weighted by Crippen LogP contribution is 2.30. The molecule has 1 amide bonds. The van der Waals surface area contributed by atoms with Crippen molar-refractivity contribution in [1.29, 1.82) is 0 Å². The summed E-state index contributed by atoms with van der Waals surface area (Å²) >= 11 is 0. The summed E-state index contributed by atoms with van der Waals surface area (Å²) in [5, 5.41) is 5.60. The van der Waals surface area contributed by atoms with E-state index in [-0.39, 0.29) is 5.69 Å². The minimum Gasteiger partial charge on any atom is -0.493 e. The van der Waals surface area contributed by atoms with Gasteiger partial charge in [0.1, 0.15) is 5.69 Å². The van der Waals surface area contributed by atoms with Crippen molar-refractivity contribution in [3.8, 4) is 11.5 Å². The van der Waals surface area contributed by atoms with Gasteiger partial charge in [-0.15, -0.1) is 0 Å². The Morgan fingerprint density at radius 1 is 0.857 bits per heavy atom. The first kappa shape index (κ1) is 19.1. The van der Waals surface area contributed by atoms with Crippen molar-refractivity contribution in [2.75, 3.05) is 24.9 Å². The number of rotatable bonds is 6. The van der Waals surface area contributed by atoms with E-state index in [4.69, 9.17) is 9.47 Å². The first-order valence-corrected chi connectivity index (χ1v) is 8.21. The van der Waals surface area contributed by atoms with Crippen LogP contribution in [0, 0.1) is 11.6 Å². The van der Waals surface area contributed by atoms with E-state index in [0.717, 1.165) is 12.1 Å². The standard InChI is InChI=1S/C20H17F2N3O3/c1-27-18-8-5-13(10-19(18)28-2)25-20(26)17-7-4-14(11-23-17)24-12-3-6-15(21)16(22)9-12/h3-11,24H,1-2H3,(H,25,26). The molecule has 0 fully saturated rings. The third-order valence-corrected chi connectivity index (χ3v) is 3.85. The maximum absolute atomic E-state index is 13.3. The molecule has 0 aliphatic rings. The van der Waals surface area contributed by atoms with Crippen LogP contribution in [0.3, 0.4) is 0 Å². The van der Waals surface area contributed by atoms with Crippen LogP contribution in [-0.4, -0.2) is 25.1 Å². The van der Waals surface area contributed by atoms with Gasteiger partial charge in [-0.3, -0.25) is 4.79 Å². The molecule has 0 saturated carbocycles. The smallest absolute Gasteiger partial charge is 0.274 e. The van der Waals surface area contributed by atoms with Gasteiger partial charge in [-0.1, -0.05) is 0 Å². The van der Waals surface area contributed by atoms with Gasteiger partial charge in [0.2, 0.25) is 0 Å². The van der Waals surface area contributed by atoms with E-state index in [0.29, 0.717) is 28.6 Å². The van der Waals surface area contributed by atoms with Crippen LogP contribution in [0.5, 0.6) is 11.5 Å². The van der Waals surface area contributed by atoms with E-state index in [9.17, 15) is 13.6 Å². The SMILES string of the molecule is COc1ccc(NC(=O)c2ccc(Nc3ccc(F)c(F)c3)cn2)cc1OC. The number of benzene rings is 2. The Bertz CT molecular complexity index is 994. The molecule has 0 bridgehead atoms. The Balaban J connectivity index is 1.69. The quantitative estimate of drug-likeness (QED) is 0.659. The molecule has 3 rings (SSSR count). The van der Waals surface area contributed by atoms with Crippen molar-refractivity contribution in [3.05, 3.63) is 72.1 Å². The summed E-state index contributed by atoms with van der Waals surface area (Å²) in [5.41, 5.74) is 1.59. The Kier molecular flexibility index (Phi) is 5.69. The van der Waals surface area contributed by atoms with Gasteiger partial charge in [0.15, 0.2) is 23.1 Å². The number of methoxy groups -OCH3 is 2. The molecular weight excluding hydrogens is 368 g/mol. The van der Waals surface area contributed by atoms with E-state index in [1.54, 1.807) is 24.3 Å². The van der Waals surface area contributed by atoms with Crippen molar-refractivity contribution < 1.29 is 23.0 Å². The van der Waals surface area contributed by atoms with Gasteiger partial charge >= 0.3 is 0 Å². The third-order valence-electron chi connectivity index (χ3n) is 3.85. The number of carbonyl (C=O) groups excluding carboxylic acids is 1. The summed E-state index contributed by atoms with van der Waals surface area (Å²) in [6.45, 7) is 0. The fourth-order valence-electron chi connectivity index (χ4n) is 2.45. The first-order valence-electron chi connectivity index (χ1n) is 8.21. The fraction of sp³-hybridized carbons (Fsp3) is 0.100. The lowest BCUT2D eigenvalue weighted by Crippen LogP contribution is -2.13. The molecule has 2 aromatic carbocycles. The van der Waals surface area contributed by atoms with Gasteiger partial charge in [-0.25, -0.2) is 13.8 Å². The lowest BCUT2D eigenvalue weighted by atomic mass is 10.2. The van der Waals surface area contributed by atoms with Crippen molar-refractivity contribution in [1.82, 2.24) is 4.98 Å². The number of nitrogens with one attached hydrogen (secondary N) is 2. The van der Waals surface area contributed by atoms with E-state index in [2.05, 4.69) is 15.6 Å². The number of halogens is 2. The molecule has 0 aliphatic carbocycles. The molecule has 0 atom stereocenters. The highest BCUT2D eigenvalue weighted by Gasteiger charge is 2.11. The number of hydrogen-bond acceptors (Lipinski definition) is 5. The van der Waals surface area contributed by atoms with Crippen LogP contribution >= 0.6 is 0 Å². The van der Waals surface area contributed by atoms with E-state index in [1.807, 2.05) is 0 Å². The zero-order chi connectivity index (χ0) is 20.1. The maximum Gasteiger partial charge on any atom is 0.274 e.